The van der Waals surface area contributed by atoms with E-state index in [0.717, 1.165) is 0 Å². The number of hydrogen-bond acceptors (Lipinski definition) is 3. The first-order chi connectivity index (χ1) is 3.39. The zero-order valence-corrected chi connectivity index (χ0v) is 3.85. The molecule has 1 fully saturated rings. The zero-order chi connectivity index (χ0) is 5.11. The molecule has 0 radical (unpaired) electrons. The summed E-state index contributed by atoms with van der Waals surface area (Å²) in [4.78, 5) is 10.2. The maximum absolute atomic E-state index is 10.2. The van der Waals surface area contributed by atoms with Gasteiger partial charge in [-0.05, 0) is 0 Å². The largest absolute Gasteiger partial charge is 0.348 e. The number of carbonyl (C=O) groups is 1. The van der Waals surface area contributed by atoms with Crippen molar-refractivity contribution in [3.05, 3.63) is 0 Å². The molecule has 0 N–H and O–H groups in total. The van der Waals surface area contributed by atoms with Gasteiger partial charge in [0.15, 0.2) is 5.78 Å². The van der Waals surface area contributed by atoms with E-state index in [-0.39, 0.29) is 25.8 Å². The predicted molar refractivity (Wildman–Crippen MR) is 21.8 cm³/mol. The number of carbonyl (C=O) groups excluding carboxylic acids is 1. The Morgan fingerprint density at radius 1 is 1.29 bits per heavy atom. The standard InChI is InChI=1S/C4H6O3/c5-4-1-6-3-7-2-4/h1-3H2. The van der Waals surface area contributed by atoms with Gasteiger partial charge < -0.3 is 9.47 Å². The molecule has 1 aliphatic heterocycles. The minimum Gasteiger partial charge on any atom is -0.348 e. The summed E-state index contributed by atoms with van der Waals surface area (Å²) in [5.74, 6) is 0.0197. The Labute approximate surface area is 41.2 Å². The third-order valence-corrected chi connectivity index (χ3v) is 0.693. The van der Waals surface area contributed by atoms with Crippen LogP contribution in [0.25, 0.3) is 0 Å². The molecule has 40 valence electrons. The van der Waals surface area contributed by atoms with Gasteiger partial charge >= 0.3 is 0 Å². The lowest BCUT2D eigenvalue weighted by Gasteiger charge is -2.08. The van der Waals surface area contributed by atoms with E-state index < -0.39 is 0 Å². The van der Waals surface area contributed by atoms with Crippen LogP contribution in [0.1, 0.15) is 0 Å². The van der Waals surface area contributed by atoms with Crippen molar-refractivity contribution in [2.45, 2.75) is 0 Å². The van der Waals surface area contributed by atoms with Crippen LogP contribution >= 0.6 is 0 Å². The molecule has 1 aliphatic rings. The van der Waals surface area contributed by atoms with Gasteiger partial charge in [0.1, 0.15) is 20.0 Å². The molecule has 0 atom stereocenters. The molecular weight excluding hydrogens is 96.0 g/mol. The molecule has 7 heavy (non-hydrogen) atoms. The van der Waals surface area contributed by atoms with Crippen molar-refractivity contribution in [3.8, 4) is 0 Å². The Hall–Kier alpha value is -0.410. The smallest absolute Gasteiger partial charge is 0.184 e. The van der Waals surface area contributed by atoms with Crippen LogP contribution in [0, 0.1) is 0 Å². The molecule has 1 saturated heterocycles. The molecular formula is C4H6O3. The summed E-state index contributed by atoms with van der Waals surface area (Å²) in [5.41, 5.74) is 0. The molecule has 1 heterocycles. The average molecular weight is 102 g/mol. The van der Waals surface area contributed by atoms with Gasteiger partial charge in [0.25, 0.3) is 0 Å². The number of rotatable bonds is 0. The quantitative estimate of drug-likeness (QED) is 0.416. The number of ether oxygens (including phenoxy) is 2. The summed E-state index contributed by atoms with van der Waals surface area (Å²) < 4.78 is 9.22. The fourth-order valence-corrected chi connectivity index (χ4v) is 0.412. The summed E-state index contributed by atoms with van der Waals surface area (Å²) in [7, 11) is 0. The molecule has 0 unspecified atom stereocenters. The third-order valence-electron chi connectivity index (χ3n) is 0.693. The lowest BCUT2D eigenvalue weighted by Crippen LogP contribution is -2.23. The molecule has 0 bridgehead atoms. The maximum Gasteiger partial charge on any atom is 0.184 e. The Kier molecular flexibility index (Phi) is 1.38. The van der Waals surface area contributed by atoms with Crippen LogP contribution in [-0.2, 0) is 14.3 Å². The van der Waals surface area contributed by atoms with Gasteiger partial charge in [0.2, 0.25) is 0 Å². The van der Waals surface area contributed by atoms with Crippen LogP contribution in [0.15, 0.2) is 0 Å². The first-order valence-corrected chi connectivity index (χ1v) is 2.07. The molecule has 3 heteroatoms. The van der Waals surface area contributed by atoms with Crippen LogP contribution in [0.4, 0.5) is 0 Å². The minimum absolute atomic E-state index is 0.0197. The minimum atomic E-state index is 0.0197. The van der Waals surface area contributed by atoms with E-state index >= 15 is 0 Å². The average Bonchev–Trinajstić information content (AvgIpc) is 1.69. The first-order valence-electron chi connectivity index (χ1n) is 2.07. The van der Waals surface area contributed by atoms with E-state index in [9.17, 15) is 4.79 Å². The Balaban J connectivity index is 2.25. The fraction of sp³-hybridized carbons (Fsp3) is 0.750. The Morgan fingerprint density at radius 2 is 1.86 bits per heavy atom. The van der Waals surface area contributed by atoms with Crippen molar-refractivity contribution in [2.24, 2.45) is 0 Å². The fourth-order valence-electron chi connectivity index (χ4n) is 0.412. The molecule has 1 rings (SSSR count). The van der Waals surface area contributed by atoms with E-state index in [0.29, 0.717) is 0 Å². The van der Waals surface area contributed by atoms with Gasteiger partial charge in [-0.3, -0.25) is 4.79 Å². The number of Topliss-reactive ketones (excluding diaryl/α,β-unsaturated/α-hetero) is 1. The number of ketones is 1. The number of hydrogen-bond donors (Lipinski definition) is 0. The van der Waals surface area contributed by atoms with Gasteiger partial charge in [-0.1, -0.05) is 0 Å². The van der Waals surface area contributed by atoms with Gasteiger partial charge in [-0.2, -0.15) is 0 Å². The van der Waals surface area contributed by atoms with E-state index in [1.807, 2.05) is 0 Å². The van der Waals surface area contributed by atoms with Gasteiger partial charge in [0, 0.05) is 0 Å². The molecule has 0 spiro atoms. The van der Waals surface area contributed by atoms with E-state index in [1.54, 1.807) is 0 Å². The molecule has 0 aromatic heterocycles. The van der Waals surface area contributed by atoms with E-state index in [4.69, 9.17) is 0 Å². The van der Waals surface area contributed by atoms with E-state index in [1.165, 1.54) is 0 Å². The van der Waals surface area contributed by atoms with Crippen molar-refractivity contribution in [3.63, 3.8) is 0 Å². The van der Waals surface area contributed by atoms with Crippen LogP contribution in [0.2, 0.25) is 0 Å². The summed E-state index contributed by atoms with van der Waals surface area (Å²) in [6, 6.07) is 0. The predicted octanol–water partition coefficient (Wildman–Crippen LogP) is -0.440. The normalized spacial score (nSPS) is 22.6. The SMILES string of the molecule is O=C1COCOC1. The summed E-state index contributed by atoms with van der Waals surface area (Å²) in [6.45, 7) is 0.714. The van der Waals surface area contributed by atoms with Gasteiger partial charge in [-0.25, -0.2) is 0 Å². The summed E-state index contributed by atoms with van der Waals surface area (Å²) in [5, 5.41) is 0. The second-order valence-electron chi connectivity index (χ2n) is 1.35. The summed E-state index contributed by atoms with van der Waals surface area (Å²) in [6.07, 6.45) is 0. The van der Waals surface area contributed by atoms with Crippen LogP contribution in [0.3, 0.4) is 0 Å². The Morgan fingerprint density at radius 3 is 2.14 bits per heavy atom. The van der Waals surface area contributed by atoms with Crippen LogP contribution < -0.4 is 0 Å². The first kappa shape index (κ1) is 4.74. The molecule has 3 nitrogen and oxygen atoms in total. The monoisotopic (exact) mass is 102 g/mol. The maximum atomic E-state index is 10.2. The zero-order valence-electron chi connectivity index (χ0n) is 3.85. The van der Waals surface area contributed by atoms with Crippen molar-refractivity contribution in [1.82, 2.24) is 0 Å². The second kappa shape index (κ2) is 2.04. The third kappa shape index (κ3) is 1.25. The topological polar surface area (TPSA) is 35.5 Å². The highest BCUT2D eigenvalue weighted by atomic mass is 16.7. The highest BCUT2D eigenvalue weighted by Crippen LogP contribution is 1.88. The lowest BCUT2D eigenvalue weighted by molar-refractivity contribution is -0.151. The lowest BCUT2D eigenvalue weighted by atomic mass is 10.4. The molecule has 0 aliphatic carbocycles. The molecule has 0 amide bonds. The van der Waals surface area contributed by atoms with Crippen LogP contribution in [0.5, 0.6) is 0 Å². The molecule has 0 saturated carbocycles. The second-order valence-corrected chi connectivity index (χ2v) is 1.35. The van der Waals surface area contributed by atoms with Crippen molar-refractivity contribution in [1.29, 1.82) is 0 Å². The highest BCUT2D eigenvalue weighted by Gasteiger charge is 2.06. The Bertz CT molecular complexity index is 71.0. The highest BCUT2D eigenvalue weighted by molar-refractivity contribution is 5.81. The van der Waals surface area contributed by atoms with Crippen LogP contribution in [-0.4, -0.2) is 25.8 Å². The van der Waals surface area contributed by atoms with Gasteiger partial charge in [-0.15, -0.1) is 0 Å². The molecule has 0 aromatic rings. The molecule has 0 aromatic carbocycles. The van der Waals surface area contributed by atoms with Crippen molar-refractivity contribution < 1.29 is 14.3 Å². The van der Waals surface area contributed by atoms with Crippen molar-refractivity contribution >= 4 is 5.78 Å². The van der Waals surface area contributed by atoms with Crippen molar-refractivity contribution in [2.75, 3.05) is 20.0 Å². The van der Waals surface area contributed by atoms with Gasteiger partial charge in [0.05, 0.1) is 0 Å². The summed E-state index contributed by atoms with van der Waals surface area (Å²) >= 11 is 0. The van der Waals surface area contributed by atoms with E-state index in [2.05, 4.69) is 9.47 Å².